The Morgan fingerprint density at radius 1 is 0.950 bits per heavy atom. The molecule has 0 unspecified atom stereocenters. The van der Waals surface area contributed by atoms with Crippen LogP contribution in [0.1, 0.15) is 18.4 Å². The molecule has 0 aromatic heterocycles. The number of piperazine rings is 1. The normalized spacial score (nSPS) is 22.1. The van der Waals surface area contributed by atoms with Crippen molar-refractivity contribution >= 4 is 13.3 Å². The molecule has 2 fully saturated rings. The average molecular weight is 289 g/mol. The molecule has 1 aliphatic carbocycles. The van der Waals surface area contributed by atoms with E-state index in [4.69, 9.17) is 0 Å². The highest BCUT2D eigenvalue weighted by atomic mass is 28.3. The smallest absolute Gasteiger partial charge is 0.0775 e. The lowest BCUT2D eigenvalue weighted by Crippen LogP contribution is -2.46. The summed E-state index contributed by atoms with van der Waals surface area (Å²) in [7, 11) is -1.14. The Morgan fingerprint density at radius 2 is 1.55 bits per heavy atom. The molecule has 0 atom stereocenters. The first-order chi connectivity index (χ1) is 9.52. The van der Waals surface area contributed by atoms with E-state index < -0.39 is 8.07 Å². The maximum atomic E-state index is 2.69. The lowest BCUT2D eigenvalue weighted by Gasteiger charge is -2.34. The Morgan fingerprint density at radius 3 is 2.05 bits per heavy atom. The van der Waals surface area contributed by atoms with Gasteiger partial charge in [0.15, 0.2) is 0 Å². The molecule has 0 spiro atoms. The first kappa shape index (κ1) is 14.3. The molecule has 0 N–H and O–H groups in total. The zero-order valence-corrected chi connectivity index (χ0v) is 14.2. The quantitative estimate of drug-likeness (QED) is 0.786. The Labute approximate surface area is 124 Å². The highest BCUT2D eigenvalue weighted by Crippen LogP contribution is 2.27. The highest BCUT2D eigenvalue weighted by molar-refractivity contribution is 6.88. The Kier molecular flexibility index (Phi) is 4.02. The summed E-state index contributed by atoms with van der Waals surface area (Å²) < 4.78 is 0. The Balaban J connectivity index is 1.53. The molecule has 20 heavy (non-hydrogen) atoms. The van der Waals surface area contributed by atoms with Crippen LogP contribution in [0.4, 0.5) is 0 Å². The molecule has 1 aromatic rings. The average Bonchev–Trinajstić information content (AvgIpc) is 3.24. The van der Waals surface area contributed by atoms with Crippen LogP contribution in [0, 0.1) is 0 Å². The van der Waals surface area contributed by atoms with Crippen LogP contribution in [-0.4, -0.2) is 50.1 Å². The molecule has 0 radical (unpaired) electrons. The fraction of sp³-hybridized carbons (Fsp3) is 0.647. The molecule has 2 aliphatic rings. The van der Waals surface area contributed by atoms with Gasteiger partial charge in [0.25, 0.3) is 0 Å². The summed E-state index contributed by atoms with van der Waals surface area (Å²) >= 11 is 0. The van der Waals surface area contributed by atoms with E-state index in [-0.39, 0.29) is 0 Å². The third-order valence-corrected chi connectivity index (χ3v) is 6.76. The Bertz CT molecular complexity index is 437. The molecule has 0 amide bonds. The van der Waals surface area contributed by atoms with Crippen molar-refractivity contribution in [2.45, 2.75) is 45.1 Å². The van der Waals surface area contributed by atoms with Crippen molar-refractivity contribution in [2.75, 3.05) is 26.2 Å². The van der Waals surface area contributed by atoms with Gasteiger partial charge in [-0.25, -0.2) is 0 Å². The van der Waals surface area contributed by atoms with Crippen LogP contribution >= 0.6 is 0 Å². The zero-order chi connectivity index (χ0) is 14.2. The zero-order valence-electron chi connectivity index (χ0n) is 13.2. The maximum Gasteiger partial charge on any atom is 0.0775 e. The van der Waals surface area contributed by atoms with Gasteiger partial charge in [-0.2, -0.15) is 0 Å². The van der Waals surface area contributed by atoms with E-state index in [1.54, 1.807) is 5.19 Å². The second-order valence-corrected chi connectivity index (χ2v) is 12.6. The van der Waals surface area contributed by atoms with Gasteiger partial charge in [-0.3, -0.25) is 9.80 Å². The summed E-state index contributed by atoms with van der Waals surface area (Å²) in [5.74, 6) is 0. The summed E-state index contributed by atoms with van der Waals surface area (Å²) in [5.41, 5.74) is 1.48. The molecule has 3 rings (SSSR count). The predicted octanol–water partition coefficient (Wildman–Crippen LogP) is 2.51. The van der Waals surface area contributed by atoms with Crippen molar-refractivity contribution in [3.05, 3.63) is 29.8 Å². The lowest BCUT2D eigenvalue weighted by molar-refractivity contribution is 0.121. The highest BCUT2D eigenvalue weighted by Gasteiger charge is 2.31. The molecule has 1 saturated carbocycles. The molecule has 1 saturated heterocycles. The van der Waals surface area contributed by atoms with Gasteiger partial charge in [0.05, 0.1) is 8.07 Å². The van der Waals surface area contributed by atoms with E-state index in [9.17, 15) is 0 Å². The minimum atomic E-state index is -1.14. The fourth-order valence-corrected chi connectivity index (χ4v) is 4.26. The van der Waals surface area contributed by atoms with E-state index in [0.717, 1.165) is 12.6 Å². The second-order valence-electron chi connectivity index (χ2n) is 7.49. The van der Waals surface area contributed by atoms with Crippen LogP contribution in [0.2, 0.25) is 19.6 Å². The van der Waals surface area contributed by atoms with Crippen LogP contribution in [0.25, 0.3) is 0 Å². The molecular weight excluding hydrogens is 260 g/mol. The SMILES string of the molecule is C[Si](C)(C)c1ccc(CN2CCN(C3CC3)CC2)cc1. The second kappa shape index (κ2) is 5.62. The monoisotopic (exact) mass is 288 g/mol. The van der Waals surface area contributed by atoms with Crippen molar-refractivity contribution in [2.24, 2.45) is 0 Å². The van der Waals surface area contributed by atoms with E-state index >= 15 is 0 Å². The molecule has 2 nitrogen and oxygen atoms in total. The Hall–Kier alpha value is -0.643. The topological polar surface area (TPSA) is 6.48 Å². The minimum absolute atomic E-state index is 0.938. The van der Waals surface area contributed by atoms with Crippen LogP contribution < -0.4 is 5.19 Å². The van der Waals surface area contributed by atoms with Crippen molar-refractivity contribution < 1.29 is 0 Å². The van der Waals surface area contributed by atoms with Gasteiger partial charge in [0, 0.05) is 38.8 Å². The summed E-state index contributed by atoms with van der Waals surface area (Å²) in [6.07, 6.45) is 2.89. The largest absolute Gasteiger partial charge is 0.298 e. The van der Waals surface area contributed by atoms with Crippen molar-refractivity contribution in [1.82, 2.24) is 9.80 Å². The standard InChI is InChI=1S/C17H28N2Si/c1-20(2,3)17-8-4-15(5-9-17)14-18-10-12-19(13-11-18)16-6-7-16/h4-5,8-9,16H,6-7,10-14H2,1-3H3. The molecular formula is C17H28N2Si. The van der Waals surface area contributed by atoms with Crippen molar-refractivity contribution in [3.8, 4) is 0 Å². The van der Waals surface area contributed by atoms with Crippen LogP contribution in [0.15, 0.2) is 24.3 Å². The third kappa shape index (κ3) is 3.51. The molecule has 1 aromatic carbocycles. The number of hydrogen-bond donors (Lipinski definition) is 0. The van der Waals surface area contributed by atoms with Gasteiger partial charge in [0.2, 0.25) is 0 Å². The van der Waals surface area contributed by atoms with Gasteiger partial charge < -0.3 is 0 Å². The lowest BCUT2D eigenvalue weighted by atomic mass is 10.2. The van der Waals surface area contributed by atoms with Crippen LogP contribution in [0.3, 0.4) is 0 Å². The summed E-state index contributed by atoms with van der Waals surface area (Å²) in [6, 6.07) is 10.4. The van der Waals surface area contributed by atoms with Crippen LogP contribution in [-0.2, 0) is 6.54 Å². The van der Waals surface area contributed by atoms with Crippen molar-refractivity contribution in [1.29, 1.82) is 0 Å². The first-order valence-electron chi connectivity index (χ1n) is 8.08. The van der Waals surface area contributed by atoms with Crippen molar-refractivity contribution in [3.63, 3.8) is 0 Å². The molecule has 110 valence electrons. The summed E-state index contributed by atoms with van der Waals surface area (Å²) in [5, 5.41) is 1.57. The molecule has 0 bridgehead atoms. The van der Waals surface area contributed by atoms with Gasteiger partial charge >= 0.3 is 0 Å². The van der Waals surface area contributed by atoms with E-state index in [1.807, 2.05) is 0 Å². The van der Waals surface area contributed by atoms with E-state index in [0.29, 0.717) is 0 Å². The first-order valence-corrected chi connectivity index (χ1v) is 11.6. The third-order valence-electron chi connectivity index (χ3n) is 4.70. The van der Waals surface area contributed by atoms with Gasteiger partial charge in [-0.15, -0.1) is 0 Å². The van der Waals surface area contributed by atoms with Gasteiger partial charge in [0.1, 0.15) is 0 Å². The van der Waals surface area contributed by atoms with Gasteiger partial charge in [-0.05, 0) is 18.4 Å². The molecule has 1 aliphatic heterocycles. The van der Waals surface area contributed by atoms with Crippen LogP contribution in [0.5, 0.6) is 0 Å². The predicted molar refractivity (Wildman–Crippen MR) is 89.3 cm³/mol. The number of nitrogens with zero attached hydrogens (tertiary/aromatic N) is 2. The van der Waals surface area contributed by atoms with E-state index in [2.05, 4.69) is 53.7 Å². The maximum absolute atomic E-state index is 2.69. The fourth-order valence-electron chi connectivity index (χ4n) is 3.09. The summed E-state index contributed by atoms with van der Waals surface area (Å²) in [6.45, 7) is 13.4. The van der Waals surface area contributed by atoms with Gasteiger partial charge in [-0.1, -0.05) is 49.1 Å². The van der Waals surface area contributed by atoms with E-state index in [1.165, 1.54) is 44.6 Å². The molecule has 1 heterocycles. The number of rotatable bonds is 4. The number of benzene rings is 1. The number of hydrogen-bond acceptors (Lipinski definition) is 2. The minimum Gasteiger partial charge on any atom is -0.298 e. The molecule has 3 heteroatoms. The summed E-state index contributed by atoms with van der Waals surface area (Å²) in [4.78, 5) is 5.30.